The lowest BCUT2D eigenvalue weighted by atomic mass is 10.1. The van der Waals surface area contributed by atoms with Gasteiger partial charge in [0, 0.05) is 16.4 Å². The molecular formula is C17H19ClN2O. The van der Waals surface area contributed by atoms with E-state index in [-0.39, 0.29) is 11.9 Å². The average Bonchev–Trinajstić information content (AvgIpc) is 2.45. The summed E-state index contributed by atoms with van der Waals surface area (Å²) in [5.74, 6) is -0.0875. The van der Waals surface area contributed by atoms with Gasteiger partial charge in [-0.05, 0) is 68.3 Å². The molecule has 0 fully saturated rings. The Kier molecular flexibility index (Phi) is 4.86. The van der Waals surface area contributed by atoms with Gasteiger partial charge in [0.1, 0.15) is 6.04 Å². The van der Waals surface area contributed by atoms with Gasteiger partial charge in [-0.2, -0.15) is 0 Å². The second kappa shape index (κ2) is 6.64. The molecule has 0 aliphatic rings. The van der Waals surface area contributed by atoms with Crippen molar-refractivity contribution in [1.29, 1.82) is 0 Å². The fourth-order valence-electron chi connectivity index (χ4n) is 1.93. The molecule has 0 saturated heterocycles. The number of halogens is 1. The predicted molar refractivity (Wildman–Crippen MR) is 89.1 cm³/mol. The smallest absolute Gasteiger partial charge is 0.246 e. The number of anilines is 2. The molecule has 1 amide bonds. The largest absolute Gasteiger partial charge is 0.374 e. The van der Waals surface area contributed by atoms with Crippen LogP contribution in [-0.2, 0) is 4.79 Å². The average molecular weight is 303 g/mol. The standard InChI is InChI=1S/C17H19ClN2O/c1-11-4-7-16(10-12(11)2)19-13(3)17(21)20-15-8-5-14(18)6-9-15/h4-10,13,19H,1-3H3,(H,20,21)/t13-/m1/s1. The zero-order valence-electron chi connectivity index (χ0n) is 12.4. The highest BCUT2D eigenvalue weighted by Gasteiger charge is 2.13. The summed E-state index contributed by atoms with van der Waals surface area (Å²) in [6.45, 7) is 5.95. The molecule has 2 N–H and O–H groups in total. The lowest BCUT2D eigenvalue weighted by Gasteiger charge is -2.16. The third kappa shape index (κ3) is 4.23. The number of nitrogens with one attached hydrogen (secondary N) is 2. The Labute approximate surface area is 130 Å². The first kappa shape index (κ1) is 15.4. The maximum absolute atomic E-state index is 12.1. The molecule has 0 heterocycles. The van der Waals surface area contributed by atoms with E-state index >= 15 is 0 Å². The zero-order valence-corrected chi connectivity index (χ0v) is 13.2. The van der Waals surface area contributed by atoms with Crippen LogP contribution in [0.15, 0.2) is 42.5 Å². The summed E-state index contributed by atoms with van der Waals surface area (Å²) in [6.07, 6.45) is 0. The summed E-state index contributed by atoms with van der Waals surface area (Å²) in [5, 5.41) is 6.71. The molecule has 2 rings (SSSR count). The highest BCUT2D eigenvalue weighted by molar-refractivity contribution is 6.30. The van der Waals surface area contributed by atoms with Crippen molar-refractivity contribution in [2.24, 2.45) is 0 Å². The van der Waals surface area contributed by atoms with Gasteiger partial charge in [0.15, 0.2) is 0 Å². The van der Waals surface area contributed by atoms with Crippen molar-refractivity contribution >= 4 is 28.9 Å². The highest BCUT2D eigenvalue weighted by atomic mass is 35.5. The molecule has 2 aromatic carbocycles. The molecule has 0 spiro atoms. The van der Waals surface area contributed by atoms with E-state index in [0.29, 0.717) is 5.02 Å². The minimum absolute atomic E-state index is 0.0875. The summed E-state index contributed by atoms with van der Waals surface area (Å²) in [7, 11) is 0. The van der Waals surface area contributed by atoms with Crippen LogP contribution in [0.5, 0.6) is 0 Å². The summed E-state index contributed by atoms with van der Waals surface area (Å²) < 4.78 is 0. The van der Waals surface area contributed by atoms with Crippen LogP contribution in [0, 0.1) is 13.8 Å². The maximum Gasteiger partial charge on any atom is 0.246 e. The molecule has 0 radical (unpaired) electrons. The molecule has 110 valence electrons. The molecule has 4 heteroatoms. The molecule has 0 aliphatic heterocycles. The number of rotatable bonds is 4. The molecular weight excluding hydrogens is 284 g/mol. The molecule has 21 heavy (non-hydrogen) atoms. The monoisotopic (exact) mass is 302 g/mol. The fourth-order valence-corrected chi connectivity index (χ4v) is 2.06. The van der Waals surface area contributed by atoms with Crippen LogP contribution < -0.4 is 10.6 Å². The van der Waals surface area contributed by atoms with Gasteiger partial charge in [0.25, 0.3) is 0 Å². The van der Waals surface area contributed by atoms with Crippen LogP contribution in [0.3, 0.4) is 0 Å². The van der Waals surface area contributed by atoms with E-state index in [0.717, 1.165) is 11.4 Å². The summed E-state index contributed by atoms with van der Waals surface area (Å²) in [5.41, 5.74) is 4.11. The summed E-state index contributed by atoms with van der Waals surface area (Å²) >= 11 is 5.82. The van der Waals surface area contributed by atoms with Crippen LogP contribution in [-0.4, -0.2) is 11.9 Å². The second-order valence-corrected chi connectivity index (χ2v) is 5.60. The van der Waals surface area contributed by atoms with E-state index < -0.39 is 0 Å². The lowest BCUT2D eigenvalue weighted by Crippen LogP contribution is -2.31. The van der Waals surface area contributed by atoms with E-state index in [9.17, 15) is 4.79 Å². The van der Waals surface area contributed by atoms with Crippen molar-refractivity contribution in [1.82, 2.24) is 0 Å². The number of hydrogen-bond donors (Lipinski definition) is 2. The normalized spacial score (nSPS) is 11.8. The number of benzene rings is 2. The molecule has 0 aliphatic carbocycles. The summed E-state index contributed by atoms with van der Waals surface area (Å²) in [6, 6.07) is 12.8. The lowest BCUT2D eigenvalue weighted by molar-refractivity contribution is -0.116. The van der Waals surface area contributed by atoms with Gasteiger partial charge >= 0.3 is 0 Å². The van der Waals surface area contributed by atoms with Crippen molar-refractivity contribution in [2.75, 3.05) is 10.6 Å². The Bertz CT molecular complexity index is 638. The number of hydrogen-bond acceptors (Lipinski definition) is 2. The summed E-state index contributed by atoms with van der Waals surface area (Å²) in [4.78, 5) is 12.1. The number of carbonyl (C=O) groups excluding carboxylic acids is 1. The third-order valence-corrected chi connectivity index (χ3v) is 3.65. The maximum atomic E-state index is 12.1. The Morgan fingerprint density at radius 1 is 1.00 bits per heavy atom. The van der Waals surface area contributed by atoms with Crippen molar-refractivity contribution in [3.8, 4) is 0 Å². The second-order valence-electron chi connectivity index (χ2n) is 5.16. The van der Waals surface area contributed by atoms with E-state index in [4.69, 9.17) is 11.6 Å². The SMILES string of the molecule is Cc1ccc(N[C@H](C)C(=O)Nc2ccc(Cl)cc2)cc1C. The van der Waals surface area contributed by atoms with E-state index in [1.54, 1.807) is 24.3 Å². The van der Waals surface area contributed by atoms with Crippen molar-refractivity contribution in [3.63, 3.8) is 0 Å². The van der Waals surface area contributed by atoms with Crippen LogP contribution in [0.4, 0.5) is 11.4 Å². The molecule has 3 nitrogen and oxygen atoms in total. The molecule has 0 bridgehead atoms. The van der Waals surface area contributed by atoms with Gasteiger partial charge < -0.3 is 10.6 Å². The molecule has 0 unspecified atom stereocenters. The molecule has 2 aromatic rings. The van der Waals surface area contributed by atoms with E-state index in [1.165, 1.54) is 11.1 Å². The van der Waals surface area contributed by atoms with Crippen molar-refractivity contribution in [3.05, 3.63) is 58.6 Å². The Morgan fingerprint density at radius 2 is 1.62 bits per heavy atom. The third-order valence-electron chi connectivity index (χ3n) is 3.40. The Morgan fingerprint density at radius 3 is 2.24 bits per heavy atom. The minimum Gasteiger partial charge on any atom is -0.374 e. The highest BCUT2D eigenvalue weighted by Crippen LogP contribution is 2.16. The fraction of sp³-hybridized carbons (Fsp3) is 0.235. The predicted octanol–water partition coefficient (Wildman–Crippen LogP) is 4.40. The number of carbonyl (C=O) groups is 1. The molecule has 0 saturated carbocycles. The quantitative estimate of drug-likeness (QED) is 0.879. The Hall–Kier alpha value is -2.00. The zero-order chi connectivity index (χ0) is 15.4. The molecule has 1 atom stereocenters. The first-order chi connectivity index (χ1) is 9.95. The van der Waals surface area contributed by atoms with Crippen LogP contribution in [0.2, 0.25) is 5.02 Å². The minimum atomic E-state index is -0.331. The van der Waals surface area contributed by atoms with Gasteiger partial charge in [0.2, 0.25) is 5.91 Å². The van der Waals surface area contributed by atoms with Crippen molar-refractivity contribution < 1.29 is 4.79 Å². The first-order valence-electron chi connectivity index (χ1n) is 6.86. The van der Waals surface area contributed by atoms with Gasteiger partial charge in [-0.1, -0.05) is 17.7 Å². The Balaban J connectivity index is 1.98. The molecule has 0 aromatic heterocycles. The van der Waals surface area contributed by atoms with E-state index in [2.05, 4.69) is 24.5 Å². The van der Waals surface area contributed by atoms with Crippen LogP contribution in [0.25, 0.3) is 0 Å². The first-order valence-corrected chi connectivity index (χ1v) is 7.24. The van der Waals surface area contributed by atoms with Gasteiger partial charge in [-0.25, -0.2) is 0 Å². The van der Waals surface area contributed by atoms with Crippen molar-refractivity contribution in [2.45, 2.75) is 26.8 Å². The topological polar surface area (TPSA) is 41.1 Å². The van der Waals surface area contributed by atoms with Gasteiger partial charge in [-0.15, -0.1) is 0 Å². The number of aryl methyl sites for hydroxylation is 2. The number of amides is 1. The van der Waals surface area contributed by atoms with Crippen LogP contribution in [0.1, 0.15) is 18.1 Å². The van der Waals surface area contributed by atoms with Gasteiger partial charge in [0.05, 0.1) is 0 Å². The van der Waals surface area contributed by atoms with E-state index in [1.807, 2.05) is 25.1 Å². The van der Waals surface area contributed by atoms with Crippen LogP contribution >= 0.6 is 11.6 Å². The van der Waals surface area contributed by atoms with Gasteiger partial charge in [-0.3, -0.25) is 4.79 Å².